The smallest absolute Gasteiger partial charge is 0.358 e. The zero-order chi connectivity index (χ0) is 10.6. The van der Waals surface area contributed by atoms with Crippen LogP contribution < -0.4 is 0 Å². The molecule has 0 bridgehead atoms. The zero-order valence-electron chi connectivity index (χ0n) is 8.91. The number of hydrogen-bond acceptors (Lipinski definition) is 3. The van der Waals surface area contributed by atoms with E-state index in [4.69, 9.17) is 4.74 Å². The summed E-state index contributed by atoms with van der Waals surface area (Å²) in [4.78, 5) is 11.3. The fourth-order valence-electron chi connectivity index (χ4n) is 1.30. The van der Waals surface area contributed by atoms with Crippen LogP contribution in [0.5, 0.6) is 0 Å². The Hall–Kier alpha value is -1.32. The van der Waals surface area contributed by atoms with E-state index in [1.54, 1.807) is 17.7 Å². The fraction of sp³-hybridized carbons (Fsp3) is 0.600. The van der Waals surface area contributed by atoms with Crippen molar-refractivity contribution in [2.75, 3.05) is 6.61 Å². The van der Waals surface area contributed by atoms with Gasteiger partial charge in [0.1, 0.15) is 0 Å². The van der Waals surface area contributed by atoms with Gasteiger partial charge in [-0.1, -0.05) is 13.3 Å². The number of aromatic nitrogens is 2. The molecule has 14 heavy (non-hydrogen) atoms. The number of esters is 1. The summed E-state index contributed by atoms with van der Waals surface area (Å²) in [6.07, 6.45) is 1.98. The molecule has 0 aliphatic heterocycles. The van der Waals surface area contributed by atoms with Crippen molar-refractivity contribution in [1.29, 1.82) is 0 Å². The van der Waals surface area contributed by atoms with Gasteiger partial charge in [-0.2, -0.15) is 5.10 Å². The van der Waals surface area contributed by atoms with Crippen molar-refractivity contribution in [1.82, 2.24) is 9.78 Å². The number of nitrogens with zero attached hydrogens (tertiary/aromatic N) is 2. The van der Waals surface area contributed by atoms with Crippen molar-refractivity contribution < 1.29 is 9.53 Å². The van der Waals surface area contributed by atoms with E-state index in [2.05, 4.69) is 12.0 Å². The second kappa shape index (κ2) is 4.79. The number of hydrogen-bond donors (Lipinski definition) is 0. The van der Waals surface area contributed by atoms with Gasteiger partial charge in [0.15, 0.2) is 5.69 Å². The molecule has 0 unspecified atom stereocenters. The lowest BCUT2D eigenvalue weighted by atomic mass is 10.2. The molecule has 0 amide bonds. The summed E-state index contributed by atoms with van der Waals surface area (Å²) in [6.45, 7) is 4.27. The number of carbonyl (C=O) groups is 1. The highest BCUT2D eigenvalue weighted by Crippen LogP contribution is 2.06. The van der Waals surface area contributed by atoms with Crippen LogP contribution >= 0.6 is 0 Å². The highest BCUT2D eigenvalue weighted by molar-refractivity contribution is 5.87. The average Bonchev–Trinajstić information content (AvgIpc) is 2.49. The largest absolute Gasteiger partial charge is 0.461 e. The van der Waals surface area contributed by atoms with Crippen LogP contribution in [0.1, 0.15) is 36.5 Å². The van der Waals surface area contributed by atoms with Gasteiger partial charge in [0.05, 0.1) is 6.61 Å². The van der Waals surface area contributed by atoms with Crippen LogP contribution in [0.25, 0.3) is 0 Å². The second-order valence-corrected chi connectivity index (χ2v) is 3.11. The normalized spacial score (nSPS) is 10.2. The van der Waals surface area contributed by atoms with E-state index in [0.29, 0.717) is 12.3 Å². The van der Waals surface area contributed by atoms with Crippen molar-refractivity contribution in [2.24, 2.45) is 7.05 Å². The lowest BCUT2D eigenvalue weighted by Gasteiger charge is -1.96. The average molecular weight is 196 g/mol. The molecule has 0 aromatic carbocycles. The minimum atomic E-state index is -0.342. The Morgan fingerprint density at radius 2 is 2.29 bits per heavy atom. The Morgan fingerprint density at radius 1 is 1.57 bits per heavy atom. The molecule has 1 aromatic rings. The first-order valence-corrected chi connectivity index (χ1v) is 4.89. The van der Waals surface area contributed by atoms with E-state index in [9.17, 15) is 4.79 Å². The minimum Gasteiger partial charge on any atom is -0.461 e. The predicted octanol–water partition coefficient (Wildman–Crippen LogP) is 1.55. The molecule has 0 spiro atoms. The molecule has 0 atom stereocenters. The van der Waals surface area contributed by atoms with E-state index in [1.165, 1.54) is 0 Å². The molecule has 1 aromatic heterocycles. The number of ether oxygens (including phenoxy) is 1. The molecule has 0 aliphatic rings. The first-order chi connectivity index (χ1) is 6.69. The van der Waals surface area contributed by atoms with Crippen LogP contribution in [0, 0.1) is 0 Å². The van der Waals surface area contributed by atoms with Crippen molar-refractivity contribution in [3.05, 3.63) is 17.5 Å². The third-order valence-electron chi connectivity index (χ3n) is 1.97. The maximum atomic E-state index is 11.3. The Balaban J connectivity index is 2.79. The predicted molar refractivity (Wildman–Crippen MR) is 53.2 cm³/mol. The Labute approximate surface area is 83.9 Å². The summed E-state index contributed by atoms with van der Waals surface area (Å²) in [5, 5.41) is 4.09. The Morgan fingerprint density at radius 3 is 2.86 bits per heavy atom. The second-order valence-electron chi connectivity index (χ2n) is 3.11. The van der Waals surface area contributed by atoms with Crippen molar-refractivity contribution in [3.8, 4) is 0 Å². The molecule has 0 fully saturated rings. The first kappa shape index (κ1) is 10.8. The standard InChI is InChI=1S/C10H16N2O2/c1-4-6-8-7-9(11-12(8)3)10(13)14-5-2/h7H,4-6H2,1-3H3. The van der Waals surface area contributed by atoms with Crippen LogP contribution in [0.2, 0.25) is 0 Å². The van der Waals surface area contributed by atoms with E-state index in [-0.39, 0.29) is 5.97 Å². The molecule has 0 saturated heterocycles. The molecular weight excluding hydrogens is 180 g/mol. The van der Waals surface area contributed by atoms with Gasteiger partial charge in [0, 0.05) is 12.7 Å². The monoisotopic (exact) mass is 196 g/mol. The van der Waals surface area contributed by atoms with Crippen LogP contribution in [0.3, 0.4) is 0 Å². The minimum absolute atomic E-state index is 0.342. The van der Waals surface area contributed by atoms with E-state index in [1.807, 2.05) is 7.05 Å². The highest BCUT2D eigenvalue weighted by Gasteiger charge is 2.12. The quantitative estimate of drug-likeness (QED) is 0.686. The van der Waals surface area contributed by atoms with Gasteiger partial charge in [-0.05, 0) is 19.4 Å². The highest BCUT2D eigenvalue weighted by atomic mass is 16.5. The summed E-state index contributed by atoms with van der Waals surface area (Å²) in [5.74, 6) is -0.342. The van der Waals surface area contributed by atoms with Gasteiger partial charge in [0.25, 0.3) is 0 Å². The summed E-state index contributed by atoms with van der Waals surface area (Å²) in [7, 11) is 1.84. The van der Waals surface area contributed by atoms with Gasteiger partial charge in [-0.3, -0.25) is 4.68 Å². The summed E-state index contributed by atoms with van der Waals surface area (Å²) < 4.78 is 6.59. The van der Waals surface area contributed by atoms with Gasteiger partial charge in [-0.15, -0.1) is 0 Å². The topological polar surface area (TPSA) is 44.1 Å². The molecule has 78 valence electrons. The van der Waals surface area contributed by atoms with Gasteiger partial charge < -0.3 is 4.74 Å². The van der Waals surface area contributed by atoms with E-state index in [0.717, 1.165) is 18.5 Å². The summed E-state index contributed by atoms with van der Waals surface area (Å²) in [6, 6.07) is 1.79. The van der Waals surface area contributed by atoms with Crippen molar-refractivity contribution in [3.63, 3.8) is 0 Å². The molecule has 4 heteroatoms. The fourth-order valence-corrected chi connectivity index (χ4v) is 1.30. The lowest BCUT2D eigenvalue weighted by Crippen LogP contribution is -2.06. The zero-order valence-corrected chi connectivity index (χ0v) is 8.91. The van der Waals surface area contributed by atoms with Crippen LogP contribution in [0.4, 0.5) is 0 Å². The molecule has 0 N–H and O–H groups in total. The molecule has 0 saturated carbocycles. The number of carbonyl (C=O) groups excluding carboxylic acids is 1. The van der Waals surface area contributed by atoms with E-state index < -0.39 is 0 Å². The Kier molecular flexibility index (Phi) is 3.68. The van der Waals surface area contributed by atoms with E-state index >= 15 is 0 Å². The number of rotatable bonds is 4. The molecule has 4 nitrogen and oxygen atoms in total. The third-order valence-corrected chi connectivity index (χ3v) is 1.97. The maximum absolute atomic E-state index is 11.3. The number of aryl methyl sites for hydroxylation is 2. The van der Waals surface area contributed by atoms with Crippen LogP contribution in [-0.2, 0) is 18.2 Å². The first-order valence-electron chi connectivity index (χ1n) is 4.89. The summed E-state index contributed by atoms with van der Waals surface area (Å²) in [5.41, 5.74) is 1.47. The maximum Gasteiger partial charge on any atom is 0.358 e. The third kappa shape index (κ3) is 2.34. The van der Waals surface area contributed by atoms with Gasteiger partial charge >= 0.3 is 5.97 Å². The SMILES string of the molecule is CCCc1cc(C(=O)OCC)nn1C. The summed E-state index contributed by atoms with van der Waals surface area (Å²) >= 11 is 0. The lowest BCUT2D eigenvalue weighted by molar-refractivity contribution is 0.0518. The molecule has 1 heterocycles. The van der Waals surface area contributed by atoms with Gasteiger partial charge in [0.2, 0.25) is 0 Å². The molecule has 0 aliphatic carbocycles. The Bertz CT molecular complexity index is 318. The van der Waals surface area contributed by atoms with Crippen molar-refractivity contribution >= 4 is 5.97 Å². The molecule has 1 rings (SSSR count). The van der Waals surface area contributed by atoms with Gasteiger partial charge in [-0.25, -0.2) is 4.79 Å². The van der Waals surface area contributed by atoms with Crippen LogP contribution in [-0.4, -0.2) is 22.4 Å². The molecule has 0 radical (unpaired) electrons. The van der Waals surface area contributed by atoms with Crippen LogP contribution in [0.15, 0.2) is 6.07 Å². The van der Waals surface area contributed by atoms with Crippen molar-refractivity contribution in [2.45, 2.75) is 26.7 Å². The molecular formula is C10H16N2O2.